The predicted molar refractivity (Wildman–Crippen MR) is 58.2 cm³/mol. The van der Waals surface area contributed by atoms with E-state index >= 15 is 0 Å². The number of carbonyl (C=O) groups excluding carboxylic acids is 1. The van der Waals surface area contributed by atoms with Gasteiger partial charge in [0, 0.05) is 21.5 Å². The highest BCUT2D eigenvalue weighted by Gasteiger charge is 2.56. The van der Waals surface area contributed by atoms with Gasteiger partial charge in [0.1, 0.15) is 5.78 Å². The summed E-state index contributed by atoms with van der Waals surface area (Å²) in [6.45, 7) is 0. The van der Waals surface area contributed by atoms with Crippen molar-refractivity contribution < 1.29 is 4.79 Å². The third-order valence-electron chi connectivity index (χ3n) is 4.10. The van der Waals surface area contributed by atoms with Crippen LogP contribution in [0.2, 0.25) is 0 Å². The van der Waals surface area contributed by atoms with Crippen molar-refractivity contribution in [3.63, 3.8) is 0 Å². The monoisotopic (exact) mass is 306 g/mol. The summed E-state index contributed by atoms with van der Waals surface area (Å²) in [5, 5.41) is 0. The molecule has 13 heavy (non-hydrogen) atoms. The number of carbonyl (C=O) groups is 1. The smallest absolute Gasteiger partial charge is 0.141 e. The first-order valence-electron chi connectivity index (χ1n) is 5.00. The molecule has 4 rings (SSSR count). The molecule has 4 saturated carbocycles. The molecule has 2 unspecified atom stereocenters. The summed E-state index contributed by atoms with van der Waals surface area (Å²) in [5.41, 5.74) is 0. The molecule has 0 aliphatic heterocycles. The largest absolute Gasteiger partial charge is 0.299 e. The van der Waals surface area contributed by atoms with Crippen molar-refractivity contribution in [3.8, 4) is 0 Å². The van der Waals surface area contributed by atoms with E-state index in [2.05, 4.69) is 31.9 Å². The van der Waals surface area contributed by atoms with Crippen molar-refractivity contribution in [1.29, 1.82) is 0 Å². The molecule has 0 aromatic heterocycles. The van der Waals surface area contributed by atoms with Crippen LogP contribution < -0.4 is 0 Å². The van der Waals surface area contributed by atoms with Crippen LogP contribution in [-0.4, -0.2) is 15.4 Å². The minimum atomic E-state index is 0.344. The Labute approximate surface area is 94.9 Å². The number of halogens is 2. The first-order valence-corrected chi connectivity index (χ1v) is 6.83. The minimum Gasteiger partial charge on any atom is -0.299 e. The summed E-state index contributed by atoms with van der Waals surface area (Å²) in [7, 11) is 0. The SMILES string of the molecule is O=C1C2CC3CC1[C@@H](Br)C(C3)[C@@H]2Br. The van der Waals surface area contributed by atoms with Crippen LogP contribution in [0.5, 0.6) is 0 Å². The Bertz CT molecular complexity index is 244. The van der Waals surface area contributed by atoms with Crippen LogP contribution in [0, 0.1) is 23.7 Å². The molecule has 3 heteroatoms. The molecule has 0 radical (unpaired) electrons. The summed E-state index contributed by atoms with van der Waals surface area (Å²) in [4.78, 5) is 12.8. The maximum atomic E-state index is 11.9. The van der Waals surface area contributed by atoms with Crippen molar-refractivity contribution in [2.75, 3.05) is 0 Å². The molecule has 72 valence electrons. The Morgan fingerprint density at radius 3 is 2.08 bits per heavy atom. The van der Waals surface area contributed by atoms with Crippen LogP contribution in [0.15, 0.2) is 0 Å². The van der Waals surface area contributed by atoms with Crippen molar-refractivity contribution >= 4 is 37.6 Å². The molecule has 0 N–H and O–H groups in total. The van der Waals surface area contributed by atoms with Gasteiger partial charge < -0.3 is 0 Å². The number of Topliss-reactive ketones (excluding diaryl/α,β-unsaturated/α-hetero) is 1. The molecule has 4 aliphatic rings. The second kappa shape index (κ2) is 2.82. The van der Waals surface area contributed by atoms with Crippen molar-refractivity contribution in [1.82, 2.24) is 0 Å². The lowest BCUT2D eigenvalue weighted by Gasteiger charge is -2.54. The molecular weight excluding hydrogens is 296 g/mol. The van der Waals surface area contributed by atoms with Crippen LogP contribution in [0.3, 0.4) is 0 Å². The maximum Gasteiger partial charge on any atom is 0.141 e. The molecule has 0 aromatic rings. The van der Waals surface area contributed by atoms with Crippen LogP contribution in [0.1, 0.15) is 19.3 Å². The highest BCUT2D eigenvalue weighted by molar-refractivity contribution is 9.10. The van der Waals surface area contributed by atoms with E-state index in [-0.39, 0.29) is 0 Å². The van der Waals surface area contributed by atoms with Gasteiger partial charge in [0.05, 0.1) is 0 Å². The van der Waals surface area contributed by atoms with E-state index < -0.39 is 0 Å². The Kier molecular flexibility index (Phi) is 1.93. The Hall–Kier alpha value is 0.630. The van der Waals surface area contributed by atoms with Crippen LogP contribution >= 0.6 is 31.9 Å². The van der Waals surface area contributed by atoms with Crippen LogP contribution in [-0.2, 0) is 4.79 Å². The first kappa shape index (κ1) is 8.90. The van der Waals surface area contributed by atoms with E-state index in [4.69, 9.17) is 0 Å². The normalized spacial score (nSPS) is 58.8. The quantitative estimate of drug-likeness (QED) is 0.629. The fourth-order valence-corrected chi connectivity index (χ4v) is 5.96. The molecule has 0 saturated heterocycles. The van der Waals surface area contributed by atoms with Crippen molar-refractivity contribution in [3.05, 3.63) is 0 Å². The number of hydrogen-bond donors (Lipinski definition) is 0. The number of ketones is 1. The summed E-state index contributed by atoms with van der Waals surface area (Å²) in [5.74, 6) is 2.77. The van der Waals surface area contributed by atoms with E-state index in [1.807, 2.05) is 0 Å². The zero-order valence-corrected chi connectivity index (χ0v) is 10.4. The Morgan fingerprint density at radius 1 is 1.00 bits per heavy atom. The molecule has 4 bridgehead atoms. The maximum absolute atomic E-state index is 11.9. The molecule has 1 nitrogen and oxygen atoms in total. The number of hydrogen-bond acceptors (Lipinski definition) is 1. The summed E-state index contributed by atoms with van der Waals surface area (Å²) in [6.07, 6.45) is 3.63. The fourth-order valence-electron chi connectivity index (χ4n) is 3.51. The second-order valence-electron chi connectivity index (χ2n) is 4.74. The fraction of sp³-hybridized carbons (Fsp3) is 0.900. The van der Waals surface area contributed by atoms with Gasteiger partial charge in [-0.25, -0.2) is 0 Å². The first-order chi connectivity index (χ1) is 6.18. The molecule has 0 aromatic carbocycles. The average Bonchev–Trinajstić information content (AvgIpc) is 2.12. The van der Waals surface area contributed by atoms with E-state index in [1.165, 1.54) is 6.42 Å². The lowest BCUT2D eigenvalue weighted by Crippen LogP contribution is -2.57. The highest BCUT2D eigenvalue weighted by atomic mass is 79.9. The zero-order valence-electron chi connectivity index (χ0n) is 7.25. The Morgan fingerprint density at radius 2 is 1.54 bits per heavy atom. The molecule has 0 heterocycles. The highest BCUT2D eigenvalue weighted by Crippen LogP contribution is 2.56. The van der Waals surface area contributed by atoms with E-state index in [0.717, 1.165) is 18.8 Å². The average molecular weight is 308 g/mol. The molecule has 0 amide bonds. The zero-order chi connectivity index (χ0) is 9.16. The molecule has 4 atom stereocenters. The molecule has 0 spiro atoms. The lowest BCUT2D eigenvalue weighted by atomic mass is 9.55. The summed E-state index contributed by atoms with van der Waals surface area (Å²) < 4.78 is 0. The Balaban J connectivity index is 2.01. The van der Waals surface area contributed by atoms with E-state index in [0.29, 0.717) is 33.2 Å². The third kappa shape index (κ3) is 1.06. The topological polar surface area (TPSA) is 17.1 Å². The van der Waals surface area contributed by atoms with Crippen molar-refractivity contribution in [2.24, 2.45) is 23.7 Å². The van der Waals surface area contributed by atoms with Gasteiger partial charge >= 0.3 is 0 Å². The van der Waals surface area contributed by atoms with Gasteiger partial charge in [0.2, 0.25) is 0 Å². The van der Waals surface area contributed by atoms with Gasteiger partial charge in [-0.05, 0) is 31.1 Å². The van der Waals surface area contributed by atoms with Gasteiger partial charge in [-0.1, -0.05) is 31.9 Å². The van der Waals surface area contributed by atoms with Crippen LogP contribution in [0.25, 0.3) is 0 Å². The second-order valence-corrected chi connectivity index (χ2v) is 6.86. The lowest BCUT2D eigenvalue weighted by molar-refractivity contribution is -0.138. The standard InChI is InChI=1S/C10H12Br2O/c11-8-5-1-4-2-6(8)10(13)7(3-4)9(5)12/h4-9H,1-3H2/t4?,5?,6?,7?,8-,9-/m0/s1. The third-order valence-corrected chi connectivity index (χ3v) is 6.73. The summed E-state index contributed by atoms with van der Waals surface area (Å²) >= 11 is 7.42. The van der Waals surface area contributed by atoms with Gasteiger partial charge in [-0.2, -0.15) is 0 Å². The molecular formula is C10H12Br2O. The van der Waals surface area contributed by atoms with Crippen molar-refractivity contribution in [2.45, 2.75) is 28.9 Å². The van der Waals surface area contributed by atoms with E-state index in [1.54, 1.807) is 0 Å². The van der Waals surface area contributed by atoms with Gasteiger partial charge in [-0.3, -0.25) is 4.79 Å². The number of alkyl halides is 2. The van der Waals surface area contributed by atoms with Gasteiger partial charge in [0.25, 0.3) is 0 Å². The molecule has 4 fully saturated rings. The van der Waals surface area contributed by atoms with Crippen LogP contribution in [0.4, 0.5) is 0 Å². The van der Waals surface area contributed by atoms with Gasteiger partial charge in [-0.15, -0.1) is 0 Å². The predicted octanol–water partition coefficient (Wildman–Crippen LogP) is 2.76. The molecule has 4 aliphatic carbocycles. The number of rotatable bonds is 0. The van der Waals surface area contributed by atoms with E-state index in [9.17, 15) is 4.79 Å². The van der Waals surface area contributed by atoms with Gasteiger partial charge in [0.15, 0.2) is 0 Å². The minimum absolute atomic E-state index is 0.344. The summed E-state index contributed by atoms with van der Waals surface area (Å²) in [6, 6.07) is 0.